The fraction of sp³-hybridized carbons (Fsp3) is 0.786. The van der Waals surface area contributed by atoms with E-state index in [1.54, 1.807) is 0 Å². The highest BCUT2D eigenvalue weighted by Crippen LogP contribution is 2.48. The van der Waals surface area contributed by atoms with E-state index in [-0.39, 0.29) is 18.2 Å². The molecule has 0 unspecified atom stereocenters. The van der Waals surface area contributed by atoms with Crippen LogP contribution < -0.4 is 0 Å². The second-order valence-electron chi connectivity index (χ2n) is 7.55. The van der Waals surface area contributed by atoms with Crippen molar-refractivity contribution in [2.24, 2.45) is 0 Å². The molecule has 2 aliphatic rings. The summed E-state index contributed by atoms with van der Waals surface area (Å²) in [5.41, 5.74) is -1.02. The number of ether oxygens (including phenoxy) is 2. The van der Waals surface area contributed by atoms with Crippen molar-refractivity contribution >= 4 is 22.6 Å². The standard InChI is InChI=1S/C14H26O5Si2/c1-16-13(15)14-11(17-14)9-8-10(18-20(2,3)4)12(14)19-21(5,6)7/h8-12H,1-7H3/t10-,11+,12-,14+/m1/s1. The van der Waals surface area contributed by atoms with Crippen LogP contribution in [-0.4, -0.2) is 53.6 Å². The van der Waals surface area contributed by atoms with E-state index in [2.05, 4.69) is 39.3 Å². The zero-order valence-electron chi connectivity index (χ0n) is 13.9. The summed E-state index contributed by atoms with van der Waals surface area (Å²) in [4.78, 5) is 12.2. The molecule has 0 bridgehead atoms. The third kappa shape index (κ3) is 3.48. The van der Waals surface area contributed by atoms with Crippen LogP contribution in [0.25, 0.3) is 0 Å². The molecule has 0 amide bonds. The molecule has 0 aromatic rings. The SMILES string of the molecule is COC(=O)[C@]12O[C@H]1C=C[C@@H](O[Si](C)(C)C)[C@H]2O[Si](C)(C)C. The number of esters is 1. The van der Waals surface area contributed by atoms with Crippen molar-refractivity contribution in [3.8, 4) is 0 Å². The number of epoxide rings is 1. The summed E-state index contributed by atoms with van der Waals surface area (Å²) < 4.78 is 23.1. The average molecular weight is 331 g/mol. The molecule has 1 saturated heterocycles. The number of methoxy groups -OCH3 is 1. The molecule has 0 radical (unpaired) electrons. The van der Waals surface area contributed by atoms with E-state index in [0.717, 1.165) is 0 Å². The third-order valence-corrected chi connectivity index (χ3v) is 5.30. The Balaban J connectivity index is 2.31. The molecule has 1 aliphatic carbocycles. The fourth-order valence-electron chi connectivity index (χ4n) is 2.63. The Labute approximate surface area is 128 Å². The summed E-state index contributed by atoms with van der Waals surface area (Å²) in [7, 11) is -2.26. The van der Waals surface area contributed by atoms with Crippen molar-refractivity contribution in [1.29, 1.82) is 0 Å². The second-order valence-corrected chi connectivity index (χ2v) is 16.5. The zero-order chi connectivity index (χ0) is 16.1. The minimum atomic E-state index is -1.87. The summed E-state index contributed by atoms with van der Waals surface area (Å²) >= 11 is 0. The number of carbonyl (C=O) groups excluding carboxylic acids is 1. The molecule has 0 spiro atoms. The minimum absolute atomic E-state index is 0.257. The third-order valence-electron chi connectivity index (χ3n) is 3.36. The van der Waals surface area contributed by atoms with Crippen LogP contribution in [0.4, 0.5) is 0 Å². The van der Waals surface area contributed by atoms with E-state index in [4.69, 9.17) is 18.3 Å². The Kier molecular flexibility index (Phi) is 4.27. The van der Waals surface area contributed by atoms with Gasteiger partial charge in [-0.3, -0.25) is 0 Å². The molecule has 0 aromatic heterocycles. The molecule has 2 rings (SSSR count). The van der Waals surface area contributed by atoms with Gasteiger partial charge < -0.3 is 18.3 Å². The topological polar surface area (TPSA) is 57.3 Å². The molecule has 21 heavy (non-hydrogen) atoms. The summed E-state index contributed by atoms with van der Waals surface area (Å²) in [6, 6.07) is 0. The van der Waals surface area contributed by atoms with Gasteiger partial charge in [-0.25, -0.2) is 4.79 Å². The van der Waals surface area contributed by atoms with Crippen LogP contribution in [0, 0.1) is 0 Å². The first-order chi connectivity index (χ1) is 9.49. The molecule has 1 heterocycles. The lowest BCUT2D eigenvalue weighted by Crippen LogP contribution is -2.56. The molecule has 1 fully saturated rings. The van der Waals surface area contributed by atoms with E-state index in [9.17, 15) is 4.79 Å². The quantitative estimate of drug-likeness (QED) is 0.335. The Morgan fingerprint density at radius 1 is 1.05 bits per heavy atom. The van der Waals surface area contributed by atoms with E-state index in [1.165, 1.54) is 7.11 Å². The Morgan fingerprint density at radius 2 is 1.62 bits per heavy atom. The van der Waals surface area contributed by atoms with Gasteiger partial charge in [0.1, 0.15) is 12.2 Å². The van der Waals surface area contributed by atoms with Crippen LogP contribution in [0.1, 0.15) is 0 Å². The monoisotopic (exact) mass is 330 g/mol. The molecule has 7 heteroatoms. The van der Waals surface area contributed by atoms with Crippen LogP contribution in [0.15, 0.2) is 12.2 Å². The molecule has 0 saturated carbocycles. The summed E-state index contributed by atoms with van der Waals surface area (Å²) in [6.45, 7) is 12.7. The van der Waals surface area contributed by atoms with Gasteiger partial charge >= 0.3 is 5.97 Å². The van der Waals surface area contributed by atoms with Gasteiger partial charge in [-0.15, -0.1) is 0 Å². The van der Waals surface area contributed by atoms with E-state index >= 15 is 0 Å². The second kappa shape index (κ2) is 5.31. The molecule has 0 N–H and O–H groups in total. The molecular weight excluding hydrogens is 304 g/mol. The highest BCUT2D eigenvalue weighted by atomic mass is 28.4. The lowest BCUT2D eigenvalue weighted by Gasteiger charge is -2.38. The molecule has 0 aromatic carbocycles. The lowest BCUT2D eigenvalue weighted by atomic mass is 9.89. The molecular formula is C14H26O5Si2. The minimum Gasteiger partial charge on any atom is -0.467 e. The van der Waals surface area contributed by atoms with E-state index in [0.29, 0.717) is 0 Å². The zero-order valence-corrected chi connectivity index (χ0v) is 15.9. The number of hydrogen-bond acceptors (Lipinski definition) is 5. The first kappa shape index (κ1) is 16.9. The maximum Gasteiger partial charge on any atom is 0.344 e. The van der Waals surface area contributed by atoms with Gasteiger partial charge in [-0.05, 0) is 39.3 Å². The number of rotatable bonds is 5. The Morgan fingerprint density at radius 3 is 2.10 bits per heavy atom. The Bertz CT molecular complexity index is 451. The smallest absolute Gasteiger partial charge is 0.344 e. The van der Waals surface area contributed by atoms with Crippen LogP contribution >= 0.6 is 0 Å². The van der Waals surface area contributed by atoms with Gasteiger partial charge in [0.15, 0.2) is 16.6 Å². The average Bonchev–Trinajstić information content (AvgIpc) is 3.04. The maximum atomic E-state index is 12.2. The largest absolute Gasteiger partial charge is 0.467 e. The van der Waals surface area contributed by atoms with Crippen molar-refractivity contribution in [3.05, 3.63) is 12.2 Å². The normalized spacial score (nSPS) is 35.3. The van der Waals surface area contributed by atoms with E-state index in [1.807, 2.05) is 12.2 Å². The van der Waals surface area contributed by atoms with Crippen LogP contribution in [0.3, 0.4) is 0 Å². The van der Waals surface area contributed by atoms with Crippen LogP contribution in [0.2, 0.25) is 39.3 Å². The highest BCUT2D eigenvalue weighted by molar-refractivity contribution is 6.70. The summed E-state index contributed by atoms with van der Waals surface area (Å²) in [5.74, 6) is -0.371. The molecule has 1 aliphatic heterocycles. The first-order valence-corrected chi connectivity index (χ1v) is 14.1. The van der Waals surface area contributed by atoms with Gasteiger partial charge in [-0.1, -0.05) is 12.2 Å². The Hall–Kier alpha value is -0.476. The van der Waals surface area contributed by atoms with Crippen molar-refractivity contribution in [2.45, 2.75) is 63.2 Å². The molecule has 4 atom stereocenters. The van der Waals surface area contributed by atoms with Crippen LogP contribution in [-0.2, 0) is 23.1 Å². The fourth-order valence-corrected chi connectivity index (χ4v) is 4.72. The summed E-state index contributed by atoms with van der Waals surface area (Å²) in [6.07, 6.45) is 2.92. The number of hydrogen-bond donors (Lipinski definition) is 0. The molecule has 120 valence electrons. The van der Waals surface area contributed by atoms with Gasteiger partial charge in [0.2, 0.25) is 5.60 Å². The van der Waals surface area contributed by atoms with Crippen LogP contribution in [0.5, 0.6) is 0 Å². The van der Waals surface area contributed by atoms with Gasteiger partial charge in [0, 0.05) is 0 Å². The van der Waals surface area contributed by atoms with Crippen molar-refractivity contribution in [2.75, 3.05) is 7.11 Å². The van der Waals surface area contributed by atoms with Gasteiger partial charge in [-0.2, -0.15) is 0 Å². The predicted octanol–water partition coefficient (Wildman–Crippen LogP) is 2.31. The van der Waals surface area contributed by atoms with Crippen molar-refractivity contribution < 1.29 is 23.1 Å². The highest BCUT2D eigenvalue weighted by Gasteiger charge is 2.71. The molecule has 5 nitrogen and oxygen atoms in total. The predicted molar refractivity (Wildman–Crippen MR) is 85.2 cm³/mol. The summed E-state index contributed by atoms with van der Waals surface area (Å²) in [5, 5.41) is 0. The number of carbonyl (C=O) groups is 1. The number of fused-ring (bicyclic) bond motifs is 1. The van der Waals surface area contributed by atoms with Gasteiger partial charge in [0.05, 0.1) is 13.2 Å². The first-order valence-electron chi connectivity index (χ1n) is 7.30. The van der Waals surface area contributed by atoms with E-state index < -0.39 is 28.3 Å². The lowest BCUT2D eigenvalue weighted by molar-refractivity contribution is -0.153. The van der Waals surface area contributed by atoms with Crippen molar-refractivity contribution in [3.63, 3.8) is 0 Å². The maximum absolute atomic E-state index is 12.2. The van der Waals surface area contributed by atoms with Gasteiger partial charge in [0.25, 0.3) is 0 Å². The van der Waals surface area contributed by atoms with Crippen molar-refractivity contribution in [1.82, 2.24) is 0 Å².